The topological polar surface area (TPSA) is 41.1 Å². The van der Waals surface area contributed by atoms with E-state index in [1.54, 1.807) is 0 Å². The van der Waals surface area contributed by atoms with Crippen molar-refractivity contribution in [3.63, 3.8) is 0 Å². The van der Waals surface area contributed by atoms with Crippen LogP contribution in [0, 0.1) is 13.8 Å². The molecule has 1 amide bonds. The summed E-state index contributed by atoms with van der Waals surface area (Å²) < 4.78 is 0. The van der Waals surface area contributed by atoms with Crippen molar-refractivity contribution >= 4 is 28.9 Å². The van der Waals surface area contributed by atoms with Gasteiger partial charge in [0.1, 0.15) is 0 Å². The smallest absolute Gasteiger partial charge is 0.226 e. The second-order valence-electron chi connectivity index (χ2n) is 4.95. The minimum absolute atomic E-state index is 0.0109. The third kappa shape index (κ3) is 4.23. The standard InChI is InChI=1S/C17H19ClN2O/c1-12-6-5-9-15(13(12)2)20-17(21)10-11-19-16-8-4-3-7-14(16)18/h3-9,19H,10-11H2,1-2H3,(H,20,21). The van der Waals surface area contributed by atoms with Gasteiger partial charge < -0.3 is 10.6 Å². The maximum Gasteiger partial charge on any atom is 0.226 e. The summed E-state index contributed by atoms with van der Waals surface area (Å²) in [6.45, 7) is 4.58. The molecule has 0 aromatic heterocycles. The quantitative estimate of drug-likeness (QED) is 0.859. The summed E-state index contributed by atoms with van der Waals surface area (Å²) in [6.07, 6.45) is 0.388. The molecule has 0 aliphatic carbocycles. The van der Waals surface area contributed by atoms with Gasteiger partial charge in [-0.3, -0.25) is 4.79 Å². The highest BCUT2D eigenvalue weighted by atomic mass is 35.5. The number of para-hydroxylation sites is 1. The van der Waals surface area contributed by atoms with Crippen LogP contribution < -0.4 is 10.6 Å². The average molecular weight is 303 g/mol. The summed E-state index contributed by atoms with van der Waals surface area (Å²) in [4.78, 5) is 12.0. The van der Waals surface area contributed by atoms with Crippen LogP contribution in [-0.4, -0.2) is 12.5 Å². The molecule has 2 aromatic carbocycles. The van der Waals surface area contributed by atoms with Crippen molar-refractivity contribution in [2.24, 2.45) is 0 Å². The molecule has 0 saturated carbocycles. The maximum absolute atomic E-state index is 12.0. The molecule has 2 aromatic rings. The van der Waals surface area contributed by atoms with E-state index in [1.807, 2.05) is 56.3 Å². The van der Waals surface area contributed by atoms with E-state index >= 15 is 0 Å². The van der Waals surface area contributed by atoms with E-state index in [2.05, 4.69) is 10.6 Å². The largest absolute Gasteiger partial charge is 0.383 e. The third-order valence-corrected chi connectivity index (χ3v) is 3.75. The average Bonchev–Trinajstić information content (AvgIpc) is 2.46. The van der Waals surface area contributed by atoms with Crippen LogP contribution in [0.5, 0.6) is 0 Å². The molecular weight excluding hydrogens is 284 g/mol. The molecule has 0 radical (unpaired) electrons. The molecule has 0 unspecified atom stereocenters. The van der Waals surface area contributed by atoms with Crippen molar-refractivity contribution in [2.45, 2.75) is 20.3 Å². The van der Waals surface area contributed by atoms with Crippen molar-refractivity contribution in [2.75, 3.05) is 17.2 Å². The van der Waals surface area contributed by atoms with E-state index in [0.29, 0.717) is 18.0 Å². The highest BCUT2D eigenvalue weighted by Crippen LogP contribution is 2.20. The predicted octanol–water partition coefficient (Wildman–Crippen LogP) is 4.40. The molecule has 0 saturated heterocycles. The molecule has 0 spiro atoms. The minimum Gasteiger partial charge on any atom is -0.383 e. The van der Waals surface area contributed by atoms with Crippen LogP contribution in [0.15, 0.2) is 42.5 Å². The lowest BCUT2D eigenvalue weighted by Gasteiger charge is -2.11. The van der Waals surface area contributed by atoms with Crippen molar-refractivity contribution < 1.29 is 4.79 Å². The van der Waals surface area contributed by atoms with Crippen LogP contribution in [0.3, 0.4) is 0 Å². The van der Waals surface area contributed by atoms with E-state index in [1.165, 1.54) is 5.56 Å². The molecule has 0 fully saturated rings. The zero-order valence-electron chi connectivity index (χ0n) is 12.2. The predicted molar refractivity (Wildman–Crippen MR) is 89.1 cm³/mol. The number of amides is 1. The van der Waals surface area contributed by atoms with Crippen molar-refractivity contribution in [1.82, 2.24) is 0 Å². The fourth-order valence-corrected chi connectivity index (χ4v) is 2.22. The molecule has 0 bridgehead atoms. The van der Waals surface area contributed by atoms with Gasteiger partial charge in [0, 0.05) is 18.7 Å². The van der Waals surface area contributed by atoms with Gasteiger partial charge in [0.2, 0.25) is 5.91 Å². The van der Waals surface area contributed by atoms with Crippen molar-refractivity contribution in [1.29, 1.82) is 0 Å². The summed E-state index contributed by atoms with van der Waals surface area (Å²) in [7, 11) is 0. The van der Waals surface area contributed by atoms with Gasteiger partial charge in [-0.1, -0.05) is 35.9 Å². The molecule has 0 heterocycles. The zero-order chi connectivity index (χ0) is 15.2. The van der Waals surface area contributed by atoms with Crippen molar-refractivity contribution in [3.05, 3.63) is 58.6 Å². The highest BCUT2D eigenvalue weighted by molar-refractivity contribution is 6.33. The van der Waals surface area contributed by atoms with Gasteiger partial charge in [-0.15, -0.1) is 0 Å². The number of benzene rings is 2. The Labute approximate surface area is 130 Å². The minimum atomic E-state index is -0.0109. The molecule has 3 nitrogen and oxygen atoms in total. The molecule has 2 N–H and O–H groups in total. The number of rotatable bonds is 5. The second-order valence-corrected chi connectivity index (χ2v) is 5.36. The second kappa shape index (κ2) is 7.14. The number of aryl methyl sites for hydroxylation is 1. The van der Waals surface area contributed by atoms with Gasteiger partial charge in [0.05, 0.1) is 10.7 Å². The molecule has 2 rings (SSSR count). The number of carbonyl (C=O) groups is 1. The Balaban J connectivity index is 1.85. The first-order valence-corrected chi connectivity index (χ1v) is 7.30. The van der Waals surface area contributed by atoms with Crippen molar-refractivity contribution in [3.8, 4) is 0 Å². The molecule has 0 atom stereocenters. The number of hydrogen-bond donors (Lipinski definition) is 2. The third-order valence-electron chi connectivity index (χ3n) is 3.42. The van der Waals surface area contributed by atoms with Crippen LogP contribution in [-0.2, 0) is 4.79 Å². The lowest BCUT2D eigenvalue weighted by atomic mass is 10.1. The summed E-state index contributed by atoms with van der Waals surface area (Å²) in [5.74, 6) is -0.0109. The van der Waals surface area contributed by atoms with Gasteiger partial charge in [-0.25, -0.2) is 0 Å². The SMILES string of the molecule is Cc1cccc(NC(=O)CCNc2ccccc2Cl)c1C. The van der Waals surface area contributed by atoms with Gasteiger partial charge in [0.25, 0.3) is 0 Å². The van der Waals surface area contributed by atoms with Crippen LogP contribution in [0.2, 0.25) is 5.02 Å². The Hall–Kier alpha value is -2.00. The van der Waals surface area contributed by atoms with Gasteiger partial charge in [0.15, 0.2) is 0 Å². The first-order valence-electron chi connectivity index (χ1n) is 6.92. The van der Waals surface area contributed by atoms with E-state index in [0.717, 1.165) is 16.9 Å². The summed E-state index contributed by atoms with van der Waals surface area (Å²) in [5, 5.41) is 6.76. The van der Waals surface area contributed by atoms with E-state index in [9.17, 15) is 4.79 Å². The van der Waals surface area contributed by atoms with Gasteiger partial charge in [-0.2, -0.15) is 0 Å². The maximum atomic E-state index is 12.0. The lowest BCUT2D eigenvalue weighted by molar-refractivity contribution is -0.115. The highest BCUT2D eigenvalue weighted by Gasteiger charge is 2.06. The Morgan fingerprint density at radius 1 is 1.05 bits per heavy atom. The van der Waals surface area contributed by atoms with E-state index in [4.69, 9.17) is 11.6 Å². The number of halogens is 1. The summed E-state index contributed by atoms with van der Waals surface area (Å²) in [6, 6.07) is 13.4. The molecule has 21 heavy (non-hydrogen) atoms. The summed E-state index contributed by atoms with van der Waals surface area (Å²) >= 11 is 6.04. The number of carbonyl (C=O) groups excluding carboxylic acids is 1. The first kappa shape index (κ1) is 15.4. The van der Waals surface area contributed by atoms with Gasteiger partial charge in [-0.05, 0) is 43.2 Å². The normalized spacial score (nSPS) is 10.2. The fourth-order valence-electron chi connectivity index (χ4n) is 2.01. The van der Waals surface area contributed by atoms with Crippen LogP contribution in [0.1, 0.15) is 17.5 Å². The van der Waals surface area contributed by atoms with E-state index in [-0.39, 0.29) is 5.91 Å². The van der Waals surface area contributed by atoms with Crippen LogP contribution >= 0.6 is 11.6 Å². The lowest BCUT2D eigenvalue weighted by Crippen LogP contribution is -2.17. The number of hydrogen-bond acceptors (Lipinski definition) is 2. The summed E-state index contributed by atoms with van der Waals surface area (Å²) in [5.41, 5.74) is 3.99. The Bertz CT molecular complexity index is 640. The van der Waals surface area contributed by atoms with Crippen LogP contribution in [0.4, 0.5) is 11.4 Å². The Morgan fingerprint density at radius 2 is 1.76 bits per heavy atom. The van der Waals surface area contributed by atoms with Gasteiger partial charge >= 0.3 is 0 Å². The number of anilines is 2. The number of nitrogens with one attached hydrogen (secondary N) is 2. The molecular formula is C17H19ClN2O. The zero-order valence-corrected chi connectivity index (χ0v) is 13.0. The fraction of sp³-hybridized carbons (Fsp3) is 0.235. The first-order chi connectivity index (χ1) is 10.1. The molecule has 0 aliphatic rings. The monoisotopic (exact) mass is 302 g/mol. The molecule has 4 heteroatoms. The van der Waals surface area contributed by atoms with E-state index < -0.39 is 0 Å². The molecule has 110 valence electrons. The van der Waals surface area contributed by atoms with Crippen LogP contribution in [0.25, 0.3) is 0 Å². The molecule has 0 aliphatic heterocycles. The Kier molecular flexibility index (Phi) is 5.23. The Morgan fingerprint density at radius 3 is 2.52 bits per heavy atom.